The van der Waals surface area contributed by atoms with Gasteiger partial charge in [0.15, 0.2) is 11.7 Å². The number of nitriles is 1. The minimum absolute atomic E-state index is 0.232. The van der Waals surface area contributed by atoms with Gasteiger partial charge in [0.2, 0.25) is 0 Å². The highest BCUT2D eigenvalue weighted by Gasteiger charge is 2.36. The highest BCUT2D eigenvalue weighted by atomic mass is 32.1. The minimum Gasteiger partial charge on any atom is -0.492 e. The molecule has 1 aliphatic heterocycles. The van der Waals surface area contributed by atoms with Crippen LogP contribution in [0.3, 0.4) is 0 Å². The second-order valence-corrected chi connectivity index (χ2v) is 6.59. The molecule has 0 saturated heterocycles. The highest BCUT2D eigenvalue weighted by molar-refractivity contribution is 7.18. The Kier molecular flexibility index (Phi) is 3.51. The van der Waals surface area contributed by atoms with Gasteiger partial charge in [0, 0.05) is 11.6 Å². The second kappa shape index (κ2) is 5.69. The van der Waals surface area contributed by atoms with Crippen LogP contribution in [0.4, 0.5) is 4.39 Å². The van der Waals surface area contributed by atoms with Crippen molar-refractivity contribution in [3.8, 4) is 11.8 Å². The van der Waals surface area contributed by atoms with Crippen molar-refractivity contribution in [2.45, 2.75) is 11.8 Å². The number of para-hydroxylation sites is 1. The number of thiazole rings is 1. The zero-order chi connectivity index (χ0) is 16.7. The van der Waals surface area contributed by atoms with Crippen LogP contribution in [-0.4, -0.2) is 17.4 Å². The SMILES string of the molecule is N#C[C@@H](C(=O)[C@@H]1COc2ccccc21)c1nc2cc(F)ccc2s1. The maximum Gasteiger partial charge on any atom is 0.167 e. The molecule has 0 spiro atoms. The number of ketones is 1. The molecule has 0 unspecified atom stereocenters. The topological polar surface area (TPSA) is 63.0 Å². The zero-order valence-electron chi connectivity index (χ0n) is 12.4. The highest BCUT2D eigenvalue weighted by Crippen LogP contribution is 2.38. The fraction of sp³-hybridized carbons (Fsp3) is 0.167. The summed E-state index contributed by atoms with van der Waals surface area (Å²) < 4.78 is 19.6. The van der Waals surface area contributed by atoms with Crippen molar-refractivity contribution in [3.05, 3.63) is 58.9 Å². The van der Waals surface area contributed by atoms with Crippen molar-refractivity contribution >= 4 is 27.3 Å². The molecular formula is C18H11FN2O2S. The van der Waals surface area contributed by atoms with E-state index in [1.54, 1.807) is 6.07 Å². The smallest absolute Gasteiger partial charge is 0.167 e. The molecule has 118 valence electrons. The Hall–Kier alpha value is -2.78. The third-order valence-corrected chi connectivity index (χ3v) is 5.17. The molecule has 0 radical (unpaired) electrons. The molecule has 2 aromatic carbocycles. The minimum atomic E-state index is -0.981. The molecule has 0 aliphatic carbocycles. The number of aromatic nitrogens is 1. The van der Waals surface area contributed by atoms with Gasteiger partial charge in [-0.15, -0.1) is 11.3 Å². The number of hydrogen-bond donors (Lipinski definition) is 0. The average Bonchev–Trinajstić information content (AvgIpc) is 3.18. The van der Waals surface area contributed by atoms with Crippen LogP contribution in [0.15, 0.2) is 42.5 Å². The van der Waals surface area contributed by atoms with Crippen molar-refractivity contribution in [2.75, 3.05) is 6.61 Å². The lowest BCUT2D eigenvalue weighted by Gasteiger charge is -2.10. The number of fused-ring (bicyclic) bond motifs is 2. The Labute approximate surface area is 141 Å². The summed E-state index contributed by atoms with van der Waals surface area (Å²) in [6.45, 7) is 0.232. The molecule has 0 amide bonds. The van der Waals surface area contributed by atoms with Crippen molar-refractivity contribution in [3.63, 3.8) is 0 Å². The molecule has 1 aromatic heterocycles. The fourth-order valence-corrected chi connectivity index (χ4v) is 3.88. The van der Waals surface area contributed by atoms with Crippen molar-refractivity contribution in [2.24, 2.45) is 0 Å². The van der Waals surface area contributed by atoms with E-state index in [9.17, 15) is 14.4 Å². The van der Waals surface area contributed by atoms with Gasteiger partial charge in [0.1, 0.15) is 23.2 Å². The third-order valence-electron chi connectivity index (χ3n) is 4.07. The normalized spacial score (nSPS) is 17.1. The summed E-state index contributed by atoms with van der Waals surface area (Å²) in [7, 11) is 0. The van der Waals surface area contributed by atoms with Gasteiger partial charge >= 0.3 is 0 Å². The van der Waals surface area contributed by atoms with Crippen LogP contribution in [0.2, 0.25) is 0 Å². The lowest BCUT2D eigenvalue weighted by molar-refractivity contribution is -0.121. The first-order chi connectivity index (χ1) is 11.7. The molecule has 0 N–H and O–H groups in total. The van der Waals surface area contributed by atoms with Gasteiger partial charge < -0.3 is 4.74 Å². The summed E-state index contributed by atoms with van der Waals surface area (Å²) >= 11 is 1.25. The molecule has 4 rings (SSSR count). The van der Waals surface area contributed by atoms with Crippen molar-refractivity contribution in [1.82, 2.24) is 4.98 Å². The molecule has 6 heteroatoms. The van der Waals surface area contributed by atoms with Gasteiger partial charge in [-0.1, -0.05) is 18.2 Å². The number of nitrogens with zero attached hydrogens (tertiary/aromatic N) is 2. The van der Waals surface area contributed by atoms with Gasteiger partial charge in [-0.05, 0) is 18.2 Å². The summed E-state index contributed by atoms with van der Waals surface area (Å²) in [5.74, 6) is -1.40. The van der Waals surface area contributed by atoms with E-state index in [2.05, 4.69) is 11.1 Å². The van der Waals surface area contributed by atoms with E-state index in [1.165, 1.54) is 23.5 Å². The predicted octanol–water partition coefficient (Wildman–Crippen LogP) is 3.79. The molecule has 3 aromatic rings. The first kappa shape index (κ1) is 14.8. The average molecular weight is 338 g/mol. The van der Waals surface area contributed by atoms with Gasteiger partial charge in [0.25, 0.3) is 0 Å². The Morgan fingerprint density at radius 1 is 1.38 bits per heavy atom. The summed E-state index contributed by atoms with van der Waals surface area (Å²) in [5.41, 5.74) is 1.26. The standard InChI is InChI=1S/C18H11FN2O2S/c19-10-5-6-16-14(7-10)21-18(24-16)12(8-20)17(22)13-9-23-15-4-2-1-3-11(13)15/h1-7,12-13H,9H2/t12-,13+/m0/s1. The number of Topliss-reactive ketones (excluding diaryl/α,β-unsaturated/α-hetero) is 1. The van der Waals surface area contributed by atoms with Crippen LogP contribution in [0.25, 0.3) is 10.2 Å². The number of halogens is 1. The van der Waals surface area contributed by atoms with Crippen LogP contribution in [0.1, 0.15) is 22.4 Å². The number of rotatable bonds is 3. The largest absolute Gasteiger partial charge is 0.492 e. The first-order valence-corrected chi connectivity index (χ1v) is 8.20. The number of ether oxygens (including phenoxy) is 1. The summed E-state index contributed by atoms with van der Waals surface area (Å²) in [6, 6.07) is 13.6. The lowest BCUT2D eigenvalue weighted by atomic mass is 9.89. The summed E-state index contributed by atoms with van der Waals surface area (Å²) in [5, 5.41) is 9.91. The second-order valence-electron chi connectivity index (χ2n) is 5.53. The van der Waals surface area contributed by atoms with Gasteiger partial charge in [-0.25, -0.2) is 9.37 Å². The van der Waals surface area contributed by atoms with Crippen molar-refractivity contribution in [1.29, 1.82) is 5.26 Å². The Morgan fingerprint density at radius 2 is 2.21 bits per heavy atom. The summed E-state index contributed by atoms with van der Waals surface area (Å²) in [4.78, 5) is 17.2. The number of carbonyl (C=O) groups excluding carboxylic acids is 1. The van der Waals surface area contributed by atoms with E-state index in [4.69, 9.17) is 4.74 Å². The van der Waals surface area contributed by atoms with Gasteiger partial charge in [-0.2, -0.15) is 5.26 Å². The van der Waals surface area contributed by atoms with Crippen LogP contribution in [0.5, 0.6) is 5.75 Å². The molecule has 2 heterocycles. The van der Waals surface area contributed by atoms with Gasteiger partial charge in [-0.3, -0.25) is 4.79 Å². The quantitative estimate of drug-likeness (QED) is 0.729. The molecule has 0 saturated carbocycles. The summed E-state index contributed by atoms with van der Waals surface area (Å²) in [6.07, 6.45) is 0. The van der Waals surface area contributed by atoms with E-state index in [0.717, 1.165) is 10.3 Å². The molecule has 24 heavy (non-hydrogen) atoms. The van der Waals surface area contributed by atoms with Crippen LogP contribution in [0, 0.1) is 17.1 Å². The van der Waals surface area contributed by atoms with Crippen LogP contribution >= 0.6 is 11.3 Å². The van der Waals surface area contributed by atoms with E-state index in [0.29, 0.717) is 16.3 Å². The molecule has 0 bridgehead atoms. The Bertz CT molecular complexity index is 992. The van der Waals surface area contributed by atoms with Crippen LogP contribution in [-0.2, 0) is 4.79 Å². The molecule has 2 atom stereocenters. The zero-order valence-corrected chi connectivity index (χ0v) is 13.2. The van der Waals surface area contributed by atoms with Gasteiger partial charge in [0.05, 0.1) is 22.2 Å². The Balaban J connectivity index is 1.70. The predicted molar refractivity (Wildman–Crippen MR) is 87.6 cm³/mol. The fourth-order valence-electron chi connectivity index (χ4n) is 2.88. The number of hydrogen-bond acceptors (Lipinski definition) is 5. The maximum atomic E-state index is 13.3. The molecule has 1 aliphatic rings. The van der Waals surface area contributed by atoms with E-state index < -0.39 is 17.7 Å². The first-order valence-electron chi connectivity index (χ1n) is 7.38. The third kappa shape index (κ3) is 2.34. The van der Waals surface area contributed by atoms with E-state index in [1.807, 2.05) is 24.3 Å². The molecule has 4 nitrogen and oxygen atoms in total. The van der Waals surface area contributed by atoms with Crippen LogP contribution < -0.4 is 4.74 Å². The maximum absolute atomic E-state index is 13.3. The molecular weight excluding hydrogens is 327 g/mol. The monoisotopic (exact) mass is 338 g/mol. The van der Waals surface area contributed by atoms with E-state index in [-0.39, 0.29) is 12.4 Å². The number of carbonyl (C=O) groups is 1. The lowest BCUT2D eigenvalue weighted by Crippen LogP contribution is -2.20. The van der Waals surface area contributed by atoms with Crippen molar-refractivity contribution < 1.29 is 13.9 Å². The Morgan fingerprint density at radius 3 is 3.04 bits per heavy atom. The number of benzene rings is 2. The van der Waals surface area contributed by atoms with E-state index >= 15 is 0 Å². The molecule has 0 fully saturated rings.